The van der Waals surface area contributed by atoms with Gasteiger partial charge >= 0.3 is 15.6 Å². The van der Waals surface area contributed by atoms with E-state index in [1.54, 1.807) is 29.8 Å². The molecule has 0 N–H and O–H groups in total. The first-order valence-corrected chi connectivity index (χ1v) is 19.4. The molecule has 290 valence electrons. The van der Waals surface area contributed by atoms with Gasteiger partial charge in [-0.3, -0.25) is 18.7 Å². The second-order valence-electron chi connectivity index (χ2n) is 12.7. The Bertz CT molecular complexity index is 3030. The summed E-state index contributed by atoms with van der Waals surface area (Å²) in [5.41, 5.74) is -0.745. The highest BCUT2D eigenvalue weighted by Crippen LogP contribution is 2.39. The Morgan fingerprint density at radius 3 is 1.55 bits per heavy atom. The smallest absolute Gasteiger partial charge is 0.377 e. The Kier molecular flexibility index (Phi) is 10.5. The van der Waals surface area contributed by atoms with Crippen molar-refractivity contribution in [2.24, 2.45) is 0 Å². The molecule has 8 rings (SSSR count). The van der Waals surface area contributed by atoms with Crippen LogP contribution in [0.5, 0.6) is 5.75 Å². The number of thiophene rings is 2. The van der Waals surface area contributed by atoms with E-state index in [1.807, 2.05) is 82.2 Å². The van der Waals surface area contributed by atoms with Gasteiger partial charge in [-0.25, -0.2) is 19.9 Å². The highest BCUT2D eigenvalue weighted by Gasteiger charge is 2.49. The van der Waals surface area contributed by atoms with Crippen molar-refractivity contribution in [1.82, 2.24) is 29.1 Å². The Hall–Kier alpha value is -5.72. The van der Waals surface area contributed by atoms with Crippen LogP contribution in [0.1, 0.15) is 30.2 Å². The van der Waals surface area contributed by atoms with Crippen molar-refractivity contribution >= 4 is 79.3 Å². The van der Waals surface area contributed by atoms with E-state index in [2.05, 4.69) is 19.1 Å². The first-order chi connectivity index (χ1) is 26.0. The molecule has 0 aliphatic heterocycles. The zero-order chi connectivity index (χ0) is 39.6. The molecule has 0 fully saturated rings. The summed E-state index contributed by atoms with van der Waals surface area (Å²) in [6.07, 6.45) is 2.88. The van der Waals surface area contributed by atoms with Crippen LogP contribution in [0.2, 0.25) is 0 Å². The summed E-state index contributed by atoms with van der Waals surface area (Å²) in [5, 5.41) is 0.880. The topological polar surface area (TPSA) is 142 Å². The summed E-state index contributed by atoms with van der Waals surface area (Å²) in [4.78, 5) is 46.9. The van der Waals surface area contributed by atoms with Crippen LogP contribution in [0.25, 0.3) is 52.2 Å². The van der Waals surface area contributed by atoms with Gasteiger partial charge in [0.25, 0.3) is 11.1 Å². The van der Waals surface area contributed by atoms with Crippen LogP contribution in [0.4, 0.5) is 18.9 Å². The number of halogens is 3. The van der Waals surface area contributed by atoms with E-state index in [0.29, 0.717) is 16.2 Å². The Labute approximate surface area is 326 Å². The van der Waals surface area contributed by atoms with Crippen LogP contribution in [-0.4, -0.2) is 57.1 Å². The van der Waals surface area contributed by atoms with E-state index in [9.17, 15) is 31.2 Å². The Morgan fingerprint density at radius 2 is 1.11 bits per heavy atom. The molecule has 8 aromatic rings. The van der Waals surface area contributed by atoms with Crippen molar-refractivity contribution < 1.29 is 25.8 Å². The van der Waals surface area contributed by atoms with Gasteiger partial charge in [0.2, 0.25) is 0 Å². The highest BCUT2D eigenvalue weighted by molar-refractivity contribution is 7.88. The fraction of sp³-hybridized carbons (Fsp3) is 0.211. The molecule has 0 unspecified atom stereocenters. The molecular formula is C38H34F3N7O5S3. The number of pyridine rings is 2. The Morgan fingerprint density at radius 1 is 0.679 bits per heavy atom. The summed E-state index contributed by atoms with van der Waals surface area (Å²) in [7, 11) is -1.93. The monoisotopic (exact) mass is 821 g/mol. The zero-order valence-corrected chi connectivity index (χ0v) is 32.4. The van der Waals surface area contributed by atoms with E-state index in [-0.39, 0.29) is 39.2 Å². The lowest BCUT2D eigenvalue weighted by Gasteiger charge is -2.14. The number of aryl methyl sites for hydroxylation is 4. The van der Waals surface area contributed by atoms with Crippen LogP contribution in [0.15, 0.2) is 82.6 Å². The van der Waals surface area contributed by atoms with Gasteiger partial charge in [-0.2, -0.15) is 21.6 Å². The number of alkyl halides is 3. The van der Waals surface area contributed by atoms with Crippen molar-refractivity contribution in [2.75, 3.05) is 19.0 Å². The molecule has 0 atom stereocenters. The summed E-state index contributed by atoms with van der Waals surface area (Å²) in [6.45, 7) is 7.36. The standard InChI is InChI=1S/C19H18N4OS.C18H12F3N3O4S2.CH4/c1-11-5-7-13(8-6-11)23-12(2)21-16-15-14(22(3)4)9-10-20-18(15)25-17(16)19(23)24;1-9-3-5-11(6-4-9)24-10(2)23-14-13-12(28-30(26,27)18(19,20)21)7-8-22-16(13)29-15(14)17(24)25;/h5-10H,1-4H3;3-8H,1-2H3;1H4. The van der Waals surface area contributed by atoms with Gasteiger partial charge < -0.3 is 9.08 Å². The fourth-order valence-electron chi connectivity index (χ4n) is 6.00. The number of benzene rings is 2. The second kappa shape index (κ2) is 14.7. The molecule has 12 nitrogen and oxygen atoms in total. The first-order valence-electron chi connectivity index (χ1n) is 16.4. The lowest BCUT2D eigenvalue weighted by molar-refractivity contribution is -0.0499. The number of anilines is 1. The maximum atomic E-state index is 13.2. The third kappa shape index (κ3) is 6.99. The van der Waals surface area contributed by atoms with E-state index in [0.717, 1.165) is 61.8 Å². The Balaban J connectivity index is 0.000000189. The van der Waals surface area contributed by atoms with Gasteiger partial charge in [0, 0.05) is 32.6 Å². The molecule has 0 spiro atoms. The molecule has 0 amide bonds. The minimum Gasteiger partial charge on any atom is -0.377 e. The molecule has 6 heterocycles. The molecule has 0 bridgehead atoms. The largest absolute Gasteiger partial charge is 0.534 e. The van der Waals surface area contributed by atoms with Crippen molar-refractivity contribution in [3.8, 4) is 17.1 Å². The maximum Gasteiger partial charge on any atom is 0.534 e. The summed E-state index contributed by atoms with van der Waals surface area (Å²) in [5.74, 6) is 0.349. The molecule has 0 saturated heterocycles. The maximum absolute atomic E-state index is 13.2. The van der Waals surface area contributed by atoms with Crippen molar-refractivity contribution in [3.63, 3.8) is 0 Å². The number of hydrogen-bond donors (Lipinski definition) is 0. The predicted octanol–water partition coefficient (Wildman–Crippen LogP) is 8.15. The van der Waals surface area contributed by atoms with E-state index < -0.39 is 26.9 Å². The van der Waals surface area contributed by atoms with Gasteiger partial charge in [0.1, 0.15) is 41.7 Å². The molecule has 6 aromatic heterocycles. The summed E-state index contributed by atoms with van der Waals surface area (Å²) >= 11 is 2.30. The number of hydrogen-bond acceptors (Lipinski definition) is 12. The van der Waals surface area contributed by atoms with Gasteiger partial charge in [-0.1, -0.05) is 42.8 Å². The fourth-order valence-corrected chi connectivity index (χ4v) is 8.53. The van der Waals surface area contributed by atoms with E-state index in [1.165, 1.54) is 15.9 Å². The quantitative estimate of drug-likeness (QED) is 0.123. The number of rotatable bonds is 5. The molecule has 2 aromatic carbocycles. The number of aromatic nitrogens is 6. The highest BCUT2D eigenvalue weighted by atomic mass is 32.2. The van der Waals surface area contributed by atoms with Crippen molar-refractivity contribution in [3.05, 3.63) is 117 Å². The molecule has 0 aliphatic rings. The van der Waals surface area contributed by atoms with Crippen molar-refractivity contribution in [2.45, 2.75) is 40.6 Å². The minimum atomic E-state index is -5.90. The minimum absolute atomic E-state index is 0. The first kappa shape index (κ1) is 40.0. The van der Waals surface area contributed by atoms with Gasteiger partial charge in [-0.15, -0.1) is 22.7 Å². The lowest BCUT2D eigenvalue weighted by Crippen LogP contribution is -2.28. The van der Waals surface area contributed by atoms with Crippen LogP contribution in [0, 0.1) is 27.7 Å². The average molecular weight is 822 g/mol. The van der Waals surface area contributed by atoms with Gasteiger partial charge in [-0.05, 0) is 58.0 Å². The number of fused-ring (bicyclic) bond motifs is 6. The van der Waals surface area contributed by atoms with Gasteiger partial charge in [0.05, 0.1) is 27.8 Å². The summed E-state index contributed by atoms with van der Waals surface area (Å²) < 4.78 is 69.3. The molecule has 0 radical (unpaired) electrons. The van der Waals surface area contributed by atoms with Crippen LogP contribution in [0.3, 0.4) is 0 Å². The zero-order valence-electron chi connectivity index (χ0n) is 30.0. The van der Waals surface area contributed by atoms with Gasteiger partial charge in [0.15, 0.2) is 5.75 Å². The predicted molar refractivity (Wildman–Crippen MR) is 217 cm³/mol. The van der Waals surface area contributed by atoms with Crippen LogP contribution >= 0.6 is 22.7 Å². The van der Waals surface area contributed by atoms with Crippen LogP contribution in [-0.2, 0) is 10.1 Å². The summed E-state index contributed by atoms with van der Waals surface area (Å²) in [6, 6.07) is 18.0. The van der Waals surface area contributed by atoms with Crippen molar-refractivity contribution in [1.29, 1.82) is 0 Å². The third-order valence-electron chi connectivity index (χ3n) is 8.61. The average Bonchev–Trinajstić information content (AvgIpc) is 3.69. The molecule has 56 heavy (non-hydrogen) atoms. The molecular weight excluding hydrogens is 788 g/mol. The molecule has 18 heteroatoms. The molecule has 0 saturated carbocycles. The third-order valence-corrected chi connectivity index (χ3v) is 11.7. The SMILES string of the molecule is C.Cc1ccc(-n2c(C)nc3c(sc4nccc(N(C)C)c43)c2=O)cc1.Cc1ccc(-n2c(C)nc3c(sc4nccc(OS(=O)(=O)C(F)(F)F)c43)c2=O)cc1. The lowest BCUT2D eigenvalue weighted by atomic mass is 10.2. The van der Waals surface area contributed by atoms with Crippen LogP contribution < -0.4 is 20.2 Å². The molecule has 0 aliphatic carbocycles. The van der Waals surface area contributed by atoms with E-state index >= 15 is 0 Å². The normalized spacial score (nSPS) is 11.8. The number of nitrogens with zero attached hydrogens (tertiary/aromatic N) is 7. The second-order valence-corrected chi connectivity index (χ2v) is 16.2. The van der Waals surface area contributed by atoms with E-state index in [4.69, 9.17) is 4.98 Å².